The van der Waals surface area contributed by atoms with Crippen LogP contribution in [0, 0.1) is 0 Å². The first-order valence-electron chi connectivity index (χ1n) is 5.81. The molecule has 2 aliphatic carbocycles. The van der Waals surface area contributed by atoms with E-state index in [0.717, 1.165) is 6.04 Å². The van der Waals surface area contributed by atoms with Crippen molar-refractivity contribution in [2.45, 2.75) is 50.6 Å². The maximum absolute atomic E-state index is 6.11. The topological polar surface area (TPSA) is 30.9 Å². The summed E-state index contributed by atoms with van der Waals surface area (Å²) < 4.78 is 2.50. The Balaban J connectivity index is 1.97. The van der Waals surface area contributed by atoms with Gasteiger partial charge in [-0.2, -0.15) is 0 Å². The molecule has 14 heavy (non-hydrogen) atoms. The summed E-state index contributed by atoms with van der Waals surface area (Å²) in [6.45, 7) is 0. The van der Waals surface area contributed by atoms with Crippen LogP contribution in [0.2, 0.25) is 0 Å². The Labute approximate surface area is 85.1 Å². The first-order chi connectivity index (χ1) is 6.86. The van der Waals surface area contributed by atoms with Gasteiger partial charge >= 0.3 is 0 Å². The van der Waals surface area contributed by atoms with Gasteiger partial charge in [0.15, 0.2) is 0 Å². The van der Waals surface area contributed by atoms with Crippen molar-refractivity contribution in [3.8, 4) is 0 Å². The van der Waals surface area contributed by atoms with E-state index in [1.807, 2.05) is 0 Å². The average Bonchev–Trinajstić information content (AvgIpc) is 2.48. The van der Waals surface area contributed by atoms with Crippen molar-refractivity contribution in [3.63, 3.8) is 0 Å². The van der Waals surface area contributed by atoms with Crippen LogP contribution in [0.1, 0.15) is 55.4 Å². The van der Waals surface area contributed by atoms with Crippen LogP contribution in [0.3, 0.4) is 0 Å². The van der Waals surface area contributed by atoms with Crippen LogP contribution in [0.25, 0.3) is 0 Å². The van der Waals surface area contributed by atoms with E-state index in [4.69, 9.17) is 5.73 Å². The van der Waals surface area contributed by atoms with Gasteiger partial charge < -0.3 is 10.3 Å². The minimum atomic E-state index is 0.306. The lowest BCUT2D eigenvalue weighted by Gasteiger charge is -2.31. The molecule has 76 valence electrons. The molecule has 1 heterocycles. The van der Waals surface area contributed by atoms with Crippen molar-refractivity contribution >= 4 is 0 Å². The molecule has 0 amide bonds. The molecular weight excluding hydrogens is 172 g/mol. The maximum atomic E-state index is 6.11. The number of aromatic nitrogens is 1. The quantitative estimate of drug-likeness (QED) is 0.725. The number of rotatable bonds is 1. The molecule has 0 spiro atoms. The van der Waals surface area contributed by atoms with Crippen molar-refractivity contribution < 1.29 is 0 Å². The smallest absolute Gasteiger partial charge is 0.0333 e. The van der Waals surface area contributed by atoms with E-state index in [0.29, 0.717) is 6.04 Å². The van der Waals surface area contributed by atoms with E-state index in [9.17, 15) is 0 Å². The van der Waals surface area contributed by atoms with Crippen LogP contribution in [0.15, 0.2) is 12.3 Å². The summed E-state index contributed by atoms with van der Waals surface area (Å²) in [7, 11) is 0. The number of nitrogens with zero attached hydrogens (tertiary/aromatic N) is 1. The molecule has 2 heteroatoms. The van der Waals surface area contributed by atoms with Crippen LogP contribution < -0.4 is 5.73 Å². The van der Waals surface area contributed by atoms with Gasteiger partial charge in [0.1, 0.15) is 0 Å². The molecule has 2 aliphatic rings. The fourth-order valence-corrected chi connectivity index (χ4v) is 2.76. The SMILES string of the molecule is NC1CCCc2c1ccn2C1CCC1. The molecular formula is C12H18N2. The second kappa shape index (κ2) is 3.13. The minimum Gasteiger partial charge on any atom is -0.348 e. The Bertz CT molecular complexity index is 336. The zero-order valence-corrected chi connectivity index (χ0v) is 8.58. The van der Waals surface area contributed by atoms with Crippen LogP contribution in [0.5, 0.6) is 0 Å². The highest BCUT2D eigenvalue weighted by molar-refractivity contribution is 5.29. The van der Waals surface area contributed by atoms with E-state index >= 15 is 0 Å². The molecule has 0 aliphatic heterocycles. The third kappa shape index (κ3) is 1.13. The van der Waals surface area contributed by atoms with Crippen LogP contribution >= 0.6 is 0 Å². The lowest BCUT2D eigenvalue weighted by Crippen LogP contribution is -2.22. The second-order valence-electron chi connectivity index (χ2n) is 4.71. The largest absolute Gasteiger partial charge is 0.348 e. The predicted octanol–water partition coefficient (Wildman–Crippen LogP) is 2.55. The Morgan fingerprint density at radius 2 is 2.07 bits per heavy atom. The Hall–Kier alpha value is -0.760. The van der Waals surface area contributed by atoms with E-state index in [2.05, 4.69) is 16.8 Å². The summed E-state index contributed by atoms with van der Waals surface area (Å²) in [6.07, 6.45) is 10.1. The third-order valence-electron chi connectivity index (χ3n) is 3.86. The maximum Gasteiger partial charge on any atom is 0.0333 e. The van der Waals surface area contributed by atoms with Crippen LogP contribution in [0.4, 0.5) is 0 Å². The molecule has 0 saturated heterocycles. The van der Waals surface area contributed by atoms with Gasteiger partial charge in [-0.25, -0.2) is 0 Å². The second-order valence-corrected chi connectivity index (χ2v) is 4.71. The summed E-state index contributed by atoms with van der Waals surface area (Å²) in [5.74, 6) is 0. The fourth-order valence-electron chi connectivity index (χ4n) is 2.76. The normalized spacial score (nSPS) is 27.1. The summed E-state index contributed by atoms with van der Waals surface area (Å²) in [5, 5.41) is 0. The van der Waals surface area contributed by atoms with Gasteiger partial charge in [-0.15, -0.1) is 0 Å². The molecule has 0 radical (unpaired) electrons. The lowest BCUT2D eigenvalue weighted by molar-refractivity contribution is 0.304. The van der Waals surface area contributed by atoms with Crippen LogP contribution in [-0.4, -0.2) is 4.57 Å². The first-order valence-corrected chi connectivity index (χ1v) is 5.81. The van der Waals surface area contributed by atoms with Crippen molar-refractivity contribution in [2.24, 2.45) is 5.73 Å². The molecule has 1 aromatic rings. The number of nitrogens with two attached hydrogens (primary N) is 1. The fraction of sp³-hybridized carbons (Fsp3) is 0.667. The zero-order chi connectivity index (χ0) is 9.54. The molecule has 3 rings (SSSR count). The summed E-state index contributed by atoms with van der Waals surface area (Å²) in [6, 6.07) is 3.35. The third-order valence-corrected chi connectivity index (χ3v) is 3.86. The van der Waals surface area contributed by atoms with Gasteiger partial charge in [-0.05, 0) is 50.2 Å². The Morgan fingerprint density at radius 1 is 1.21 bits per heavy atom. The molecule has 1 aromatic heterocycles. The summed E-state index contributed by atoms with van der Waals surface area (Å²) >= 11 is 0. The molecule has 1 saturated carbocycles. The van der Waals surface area contributed by atoms with Crippen LogP contribution in [-0.2, 0) is 6.42 Å². The number of fused-ring (bicyclic) bond motifs is 1. The van der Waals surface area contributed by atoms with Gasteiger partial charge in [0.2, 0.25) is 0 Å². The molecule has 1 atom stereocenters. The van der Waals surface area contributed by atoms with Crippen molar-refractivity contribution in [1.29, 1.82) is 0 Å². The van der Waals surface area contributed by atoms with Crippen molar-refractivity contribution in [1.82, 2.24) is 4.57 Å². The lowest BCUT2D eigenvalue weighted by atomic mass is 9.90. The monoisotopic (exact) mass is 190 g/mol. The van der Waals surface area contributed by atoms with E-state index < -0.39 is 0 Å². The molecule has 2 nitrogen and oxygen atoms in total. The molecule has 0 bridgehead atoms. The number of hydrogen-bond acceptors (Lipinski definition) is 1. The highest BCUT2D eigenvalue weighted by Gasteiger charge is 2.26. The molecule has 1 unspecified atom stereocenters. The highest BCUT2D eigenvalue weighted by atomic mass is 15.0. The van der Waals surface area contributed by atoms with E-state index in [-0.39, 0.29) is 0 Å². The van der Waals surface area contributed by atoms with Crippen molar-refractivity contribution in [2.75, 3.05) is 0 Å². The molecule has 2 N–H and O–H groups in total. The van der Waals surface area contributed by atoms with Gasteiger partial charge in [-0.3, -0.25) is 0 Å². The van der Waals surface area contributed by atoms with Gasteiger partial charge in [0, 0.05) is 24.0 Å². The zero-order valence-electron chi connectivity index (χ0n) is 8.58. The summed E-state index contributed by atoms with van der Waals surface area (Å²) in [4.78, 5) is 0. The van der Waals surface area contributed by atoms with Gasteiger partial charge in [0.05, 0.1) is 0 Å². The van der Waals surface area contributed by atoms with E-state index in [1.165, 1.54) is 49.8 Å². The standard InChI is InChI=1S/C12H18N2/c13-11-5-2-6-12-10(11)7-8-14(12)9-3-1-4-9/h7-9,11H,1-6,13H2. The van der Waals surface area contributed by atoms with E-state index in [1.54, 1.807) is 0 Å². The summed E-state index contributed by atoms with van der Waals surface area (Å²) in [5.41, 5.74) is 9.06. The first kappa shape index (κ1) is 8.54. The highest BCUT2D eigenvalue weighted by Crippen LogP contribution is 2.37. The minimum absolute atomic E-state index is 0.306. The average molecular weight is 190 g/mol. The van der Waals surface area contributed by atoms with Gasteiger partial charge in [-0.1, -0.05) is 0 Å². The molecule has 0 aromatic carbocycles. The van der Waals surface area contributed by atoms with Crippen molar-refractivity contribution in [3.05, 3.63) is 23.5 Å². The Morgan fingerprint density at radius 3 is 2.79 bits per heavy atom. The molecule has 1 fully saturated rings. The Kier molecular flexibility index (Phi) is 1.91. The number of hydrogen-bond donors (Lipinski definition) is 1. The predicted molar refractivity (Wildman–Crippen MR) is 57.2 cm³/mol. The van der Waals surface area contributed by atoms with Gasteiger partial charge in [0.25, 0.3) is 0 Å².